The van der Waals surface area contributed by atoms with Crippen molar-refractivity contribution in [2.24, 2.45) is 0 Å². The fourth-order valence-electron chi connectivity index (χ4n) is 4.99. The topological polar surface area (TPSA) is 104 Å². The average Bonchev–Trinajstić information content (AvgIpc) is 3.36. The van der Waals surface area contributed by atoms with E-state index in [1.165, 1.54) is 36.4 Å². The van der Waals surface area contributed by atoms with Crippen LogP contribution in [0, 0.1) is 0 Å². The number of nitrogens with zero attached hydrogens (tertiary/aromatic N) is 1. The summed E-state index contributed by atoms with van der Waals surface area (Å²) in [6.45, 7) is 0.0682. The van der Waals surface area contributed by atoms with Gasteiger partial charge in [0.2, 0.25) is 5.91 Å². The molecule has 1 heterocycles. The minimum Gasteiger partial charge on any atom is -0.481 e. The molecule has 0 bridgehead atoms. The first kappa shape index (κ1) is 28.9. The van der Waals surface area contributed by atoms with Crippen molar-refractivity contribution in [3.8, 4) is 11.1 Å². The van der Waals surface area contributed by atoms with Gasteiger partial charge < -0.3 is 10.4 Å². The number of sulfonamides is 1. The van der Waals surface area contributed by atoms with Crippen molar-refractivity contribution < 1.29 is 36.3 Å². The Balaban J connectivity index is 1.40. The first-order valence-electron chi connectivity index (χ1n) is 12.9. The zero-order valence-electron chi connectivity index (χ0n) is 22.0. The monoisotopic (exact) mass is 594 g/mol. The van der Waals surface area contributed by atoms with Gasteiger partial charge in [0.1, 0.15) is 6.04 Å². The number of halogens is 3. The molecule has 5 rings (SSSR count). The summed E-state index contributed by atoms with van der Waals surface area (Å²) in [5, 5.41) is 11.8. The molecule has 1 aliphatic heterocycles. The second kappa shape index (κ2) is 11.3. The molecule has 0 radical (unpaired) electrons. The van der Waals surface area contributed by atoms with E-state index < -0.39 is 39.7 Å². The van der Waals surface area contributed by atoms with Gasteiger partial charge in [-0.1, -0.05) is 66.7 Å². The Morgan fingerprint density at radius 1 is 0.857 bits per heavy atom. The highest BCUT2D eigenvalue weighted by Gasteiger charge is 2.42. The normalized spacial score (nSPS) is 14.8. The van der Waals surface area contributed by atoms with Crippen molar-refractivity contribution in [2.75, 3.05) is 4.31 Å². The largest absolute Gasteiger partial charge is 0.481 e. The van der Waals surface area contributed by atoms with Crippen LogP contribution in [-0.2, 0) is 45.2 Å². The molecule has 0 unspecified atom stereocenters. The number of hydrogen-bond donors (Lipinski definition) is 2. The Labute approximate surface area is 240 Å². The van der Waals surface area contributed by atoms with Crippen molar-refractivity contribution in [1.29, 1.82) is 0 Å². The molecule has 4 aromatic rings. The van der Waals surface area contributed by atoms with Crippen LogP contribution in [0.2, 0.25) is 0 Å². The van der Waals surface area contributed by atoms with Crippen LogP contribution in [0.5, 0.6) is 0 Å². The Hall–Kier alpha value is -4.64. The molecule has 0 spiro atoms. The number of hydrogen-bond acceptors (Lipinski definition) is 4. The molecular weight excluding hydrogens is 569 g/mol. The van der Waals surface area contributed by atoms with E-state index in [9.17, 15) is 31.2 Å². The summed E-state index contributed by atoms with van der Waals surface area (Å²) in [5.74, 6) is -1.51. The maximum Gasteiger partial charge on any atom is 0.416 e. The summed E-state index contributed by atoms with van der Waals surface area (Å²) in [4.78, 5) is 24.3. The van der Waals surface area contributed by atoms with E-state index in [-0.39, 0.29) is 29.8 Å². The molecule has 42 heavy (non-hydrogen) atoms. The maximum absolute atomic E-state index is 13.9. The molecular formula is C31H25F3N2O5S. The molecule has 1 atom stereocenters. The first-order valence-corrected chi connectivity index (χ1v) is 14.3. The van der Waals surface area contributed by atoms with Crippen molar-refractivity contribution in [1.82, 2.24) is 5.32 Å². The van der Waals surface area contributed by atoms with E-state index in [2.05, 4.69) is 5.32 Å². The van der Waals surface area contributed by atoms with Gasteiger partial charge in [0.25, 0.3) is 10.0 Å². The first-order chi connectivity index (χ1) is 19.9. The van der Waals surface area contributed by atoms with E-state index in [4.69, 9.17) is 5.11 Å². The van der Waals surface area contributed by atoms with Gasteiger partial charge in [-0.05, 0) is 58.1 Å². The minimum absolute atomic E-state index is 0.0682. The highest BCUT2D eigenvalue weighted by Crippen LogP contribution is 2.38. The van der Waals surface area contributed by atoms with Gasteiger partial charge >= 0.3 is 12.1 Å². The lowest BCUT2D eigenvalue weighted by Crippen LogP contribution is -2.47. The van der Waals surface area contributed by atoms with Crippen LogP contribution in [-0.4, -0.2) is 31.4 Å². The number of para-hydroxylation sites is 1. The van der Waals surface area contributed by atoms with Crippen LogP contribution < -0.4 is 9.62 Å². The number of carboxylic acid groups (broad SMARTS) is 1. The molecule has 4 aromatic carbocycles. The number of rotatable bonds is 8. The highest BCUT2D eigenvalue weighted by molar-refractivity contribution is 7.93. The summed E-state index contributed by atoms with van der Waals surface area (Å²) in [6.07, 6.45) is -4.54. The zero-order chi connectivity index (χ0) is 30.1. The Kier molecular flexibility index (Phi) is 7.79. The van der Waals surface area contributed by atoms with Crippen LogP contribution >= 0.6 is 0 Å². The zero-order valence-corrected chi connectivity index (χ0v) is 22.8. The number of fused-ring (bicyclic) bond motifs is 1. The lowest BCUT2D eigenvalue weighted by Gasteiger charge is -2.26. The van der Waals surface area contributed by atoms with Gasteiger partial charge in [-0.15, -0.1) is 0 Å². The van der Waals surface area contributed by atoms with Gasteiger partial charge in [0.05, 0.1) is 22.6 Å². The molecule has 1 amide bonds. The van der Waals surface area contributed by atoms with E-state index in [0.29, 0.717) is 27.9 Å². The summed E-state index contributed by atoms with van der Waals surface area (Å²) in [5.41, 5.74) is 2.14. The van der Waals surface area contributed by atoms with Crippen LogP contribution in [0.4, 0.5) is 18.9 Å². The van der Waals surface area contributed by atoms with Gasteiger partial charge in [-0.3, -0.25) is 13.9 Å². The predicted molar refractivity (Wildman–Crippen MR) is 150 cm³/mol. The number of carbonyl (C=O) groups excluding carboxylic acids is 1. The van der Waals surface area contributed by atoms with Crippen molar-refractivity contribution in [3.05, 3.63) is 119 Å². The number of anilines is 1. The minimum atomic E-state index is -4.51. The molecule has 0 aromatic heterocycles. The van der Waals surface area contributed by atoms with E-state index in [0.717, 1.165) is 16.4 Å². The fraction of sp³-hybridized carbons (Fsp3) is 0.161. The van der Waals surface area contributed by atoms with E-state index in [1.54, 1.807) is 48.5 Å². The van der Waals surface area contributed by atoms with Crippen LogP contribution in [0.25, 0.3) is 11.1 Å². The third-order valence-corrected chi connectivity index (χ3v) is 8.81. The van der Waals surface area contributed by atoms with Gasteiger partial charge in [0.15, 0.2) is 0 Å². The fourth-order valence-corrected chi connectivity index (χ4v) is 6.64. The number of amides is 1. The van der Waals surface area contributed by atoms with Gasteiger partial charge in [-0.2, -0.15) is 13.2 Å². The summed E-state index contributed by atoms with van der Waals surface area (Å²) in [7, 11) is -4.25. The molecule has 7 nitrogen and oxygen atoms in total. The van der Waals surface area contributed by atoms with Crippen molar-refractivity contribution in [3.63, 3.8) is 0 Å². The van der Waals surface area contributed by atoms with E-state index >= 15 is 0 Å². The number of carboxylic acids is 1. The van der Waals surface area contributed by atoms with Crippen molar-refractivity contribution in [2.45, 2.75) is 36.5 Å². The number of alkyl halides is 3. The van der Waals surface area contributed by atoms with Crippen LogP contribution in [0.15, 0.2) is 102 Å². The quantitative estimate of drug-likeness (QED) is 0.283. The Bertz CT molecular complexity index is 1760. The molecule has 0 aliphatic carbocycles. The SMILES string of the molecule is O=C(O)Cc1cccc(CNC(=O)[C@@H]2Cc3ccccc3N2S(=O)(=O)c2ccc(-c3cccc(C(F)(F)F)c3)cc2)c1. The highest BCUT2D eigenvalue weighted by atomic mass is 32.2. The molecule has 0 saturated carbocycles. The van der Waals surface area contributed by atoms with Crippen LogP contribution in [0.1, 0.15) is 22.3 Å². The maximum atomic E-state index is 13.9. The number of aliphatic carboxylic acids is 1. The van der Waals surface area contributed by atoms with Gasteiger partial charge in [0, 0.05) is 13.0 Å². The molecule has 11 heteroatoms. The molecule has 0 fully saturated rings. The average molecular weight is 595 g/mol. The second-order valence-corrected chi connectivity index (χ2v) is 11.7. The van der Waals surface area contributed by atoms with Gasteiger partial charge in [-0.25, -0.2) is 8.42 Å². The smallest absolute Gasteiger partial charge is 0.416 e. The van der Waals surface area contributed by atoms with Crippen LogP contribution in [0.3, 0.4) is 0 Å². The summed E-state index contributed by atoms with van der Waals surface area (Å²) in [6, 6.07) is 22.7. The Morgan fingerprint density at radius 2 is 1.55 bits per heavy atom. The number of benzene rings is 4. The van der Waals surface area contributed by atoms with E-state index in [1.807, 2.05) is 0 Å². The predicted octanol–water partition coefficient (Wildman–Crippen LogP) is 5.44. The number of carbonyl (C=O) groups is 2. The second-order valence-electron chi connectivity index (χ2n) is 9.86. The molecule has 0 saturated heterocycles. The third kappa shape index (κ3) is 6.01. The lowest BCUT2D eigenvalue weighted by atomic mass is 10.0. The number of nitrogens with one attached hydrogen (secondary N) is 1. The molecule has 216 valence electrons. The Morgan fingerprint density at radius 3 is 2.26 bits per heavy atom. The molecule has 2 N–H and O–H groups in total. The third-order valence-electron chi connectivity index (χ3n) is 6.98. The standard InChI is InChI=1S/C31H25F3N2O5S/c32-31(33,34)25-9-4-8-23(17-25)22-11-13-26(14-12-22)42(40,41)36-27-10-2-1-7-24(27)18-28(36)30(39)35-19-21-6-3-5-20(15-21)16-29(37)38/h1-15,17,28H,16,18-19H2,(H,35,39)(H,37,38)/t28-/m0/s1. The molecule has 1 aliphatic rings. The lowest BCUT2D eigenvalue weighted by molar-refractivity contribution is -0.138. The van der Waals surface area contributed by atoms with Crippen molar-refractivity contribution >= 4 is 27.6 Å². The summed E-state index contributed by atoms with van der Waals surface area (Å²) < 4.78 is 68.4. The summed E-state index contributed by atoms with van der Waals surface area (Å²) >= 11 is 0.